The van der Waals surface area contributed by atoms with E-state index in [0.29, 0.717) is 5.69 Å². The Morgan fingerprint density at radius 2 is 2.54 bits per heavy atom. The molecule has 5 heteroatoms. The van der Waals surface area contributed by atoms with Crippen molar-refractivity contribution in [1.29, 1.82) is 0 Å². The molecule has 0 aliphatic carbocycles. The number of nitrogens with zero attached hydrogens (tertiary/aromatic N) is 1. The Hall–Kier alpha value is -1.78. The Balaban J connectivity index is 2.82. The smallest absolute Gasteiger partial charge is 0.362 e. The van der Waals surface area contributed by atoms with E-state index in [1.54, 1.807) is 25.3 Å². The second kappa shape index (κ2) is 4.30. The number of carbonyl (C=O) groups excluding carboxylic acids is 1. The van der Waals surface area contributed by atoms with Crippen LogP contribution < -0.4 is 0 Å². The quantitative estimate of drug-likeness (QED) is 0.313. The number of hydrogen-bond donors (Lipinski definition) is 2. The van der Waals surface area contributed by atoms with Crippen LogP contribution in [-0.2, 0) is 9.53 Å². The van der Waals surface area contributed by atoms with Gasteiger partial charge < -0.3 is 14.9 Å². The molecule has 0 radical (unpaired) electrons. The summed E-state index contributed by atoms with van der Waals surface area (Å²) in [5, 5.41) is 11.4. The summed E-state index contributed by atoms with van der Waals surface area (Å²) in [5.74, 6) is -0.646. The molecule has 0 bridgehead atoms. The van der Waals surface area contributed by atoms with E-state index in [1.807, 2.05) is 0 Å². The molecule has 13 heavy (non-hydrogen) atoms. The fourth-order valence-corrected chi connectivity index (χ4v) is 0.882. The lowest BCUT2D eigenvalue weighted by Crippen LogP contribution is -2.19. The molecule has 0 aliphatic rings. The molecular weight excluding hydrogens is 172 g/mol. The van der Waals surface area contributed by atoms with E-state index in [-0.39, 0.29) is 12.3 Å². The largest absolute Gasteiger partial charge is 0.461 e. The van der Waals surface area contributed by atoms with Gasteiger partial charge in [0, 0.05) is 6.20 Å². The van der Waals surface area contributed by atoms with Crippen molar-refractivity contribution in [1.82, 2.24) is 4.98 Å². The number of nitrogens with one attached hydrogen (secondary N) is 1. The molecule has 0 aromatic carbocycles. The van der Waals surface area contributed by atoms with Gasteiger partial charge in [0.15, 0.2) is 0 Å². The molecular formula is C8H10N2O3. The number of H-pyrrole nitrogens is 1. The topological polar surface area (TPSA) is 74.7 Å². The van der Waals surface area contributed by atoms with Gasteiger partial charge in [-0.2, -0.15) is 0 Å². The molecule has 1 rings (SSSR count). The highest BCUT2D eigenvalue weighted by Gasteiger charge is 2.16. The fourth-order valence-electron chi connectivity index (χ4n) is 0.882. The lowest BCUT2D eigenvalue weighted by Gasteiger charge is -2.00. The van der Waals surface area contributed by atoms with Crippen LogP contribution in [0, 0.1) is 0 Å². The molecule has 5 nitrogen and oxygen atoms in total. The molecule has 0 saturated heterocycles. The number of aromatic nitrogens is 1. The number of carbonyl (C=O) groups is 1. The van der Waals surface area contributed by atoms with Crippen molar-refractivity contribution in [2.75, 3.05) is 6.61 Å². The minimum absolute atomic E-state index is 0.119. The fraction of sp³-hybridized carbons (Fsp3) is 0.250. The number of rotatable bonds is 3. The molecule has 70 valence electrons. The van der Waals surface area contributed by atoms with Crippen molar-refractivity contribution < 1.29 is 14.7 Å². The second-order valence-electron chi connectivity index (χ2n) is 2.25. The molecule has 1 heterocycles. The lowest BCUT2D eigenvalue weighted by atomic mass is 10.3. The molecule has 2 N–H and O–H groups in total. The predicted molar refractivity (Wildman–Crippen MR) is 45.7 cm³/mol. The highest BCUT2D eigenvalue weighted by molar-refractivity contribution is 6.42. The summed E-state index contributed by atoms with van der Waals surface area (Å²) in [6, 6.07) is 3.31. The van der Waals surface area contributed by atoms with Gasteiger partial charge in [0.25, 0.3) is 0 Å². The number of hydrogen-bond acceptors (Lipinski definition) is 4. The van der Waals surface area contributed by atoms with Crippen LogP contribution in [0.2, 0.25) is 0 Å². The van der Waals surface area contributed by atoms with Crippen LogP contribution in [0.3, 0.4) is 0 Å². The maximum atomic E-state index is 11.1. The lowest BCUT2D eigenvalue weighted by molar-refractivity contribution is -0.135. The third-order valence-corrected chi connectivity index (χ3v) is 1.42. The molecule has 0 spiro atoms. The summed E-state index contributed by atoms with van der Waals surface area (Å²) in [6.45, 7) is 1.93. The summed E-state index contributed by atoms with van der Waals surface area (Å²) < 4.78 is 4.67. The number of aromatic amines is 1. The molecule has 1 aromatic heterocycles. The number of esters is 1. The summed E-state index contributed by atoms with van der Waals surface area (Å²) in [6.07, 6.45) is 1.62. The normalized spacial score (nSPS) is 11.3. The zero-order valence-electron chi connectivity index (χ0n) is 7.15. The zero-order chi connectivity index (χ0) is 9.68. The van der Waals surface area contributed by atoms with E-state index < -0.39 is 5.97 Å². The average molecular weight is 182 g/mol. The van der Waals surface area contributed by atoms with E-state index in [9.17, 15) is 4.79 Å². The van der Waals surface area contributed by atoms with Crippen molar-refractivity contribution in [3.8, 4) is 0 Å². The third-order valence-electron chi connectivity index (χ3n) is 1.42. The Labute approximate surface area is 75.0 Å². The van der Waals surface area contributed by atoms with Gasteiger partial charge in [-0.3, -0.25) is 0 Å². The maximum Gasteiger partial charge on any atom is 0.362 e. The molecule has 0 aliphatic heterocycles. The van der Waals surface area contributed by atoms with Crippen LogP contribution in [0.1, 0.15) is 12.6 Å². The Kier molecular flexibility index (Phi) is 3.08. The maximum absolute atomic E-state index is 11.1. The monoisotopic (exact) mass is 182 g/mol. The predicted octanol–water partition coefficient (Wildman–Crippen LogP) is 0.756. The summed E-state index contributed by atoms with van der Waals surface area (Å²) in [7, 11) is 0. The van der Waals surface area contributed by atoms with Crippen molar-refractivity contribution in [3.63, 3.8) is 0 Å². The molecule has 1 aromatic rings. The summed E-state index contributed by atoms with van der Waals surface area (Å²) in [5.41, 5.74) is 0.313. The SMILES string of the molecule is CCOC(=O)C(=NO)c1ccc[nH]1. The van der Waals surface area contributed by atoms with Gasteiger partial charge in [-0.1, -0.05) is 5.16 Å². The second-order valence-corrected chi connectivity index (χ2v) is 2.25. The summed E-state index contributed by atoms with van der Waals surface area (Å²) >= 11 is 0. The van der Waals surface area contributed by atoms with Gasteiger partial charge in [-0.15, -0.1) is 0 Å². The van der Waals surface area contributed by atoms with Gasteiger partial charge in [0.2, 0.25) is 5.71 Å². The molecule has 0 unspecified atom stereocenters. The van der Waals surface area contributed by atoms with Crippen LogP contribution in [0.15, 0.2) is 23.5 Å². The van der Waals surface area contributed by atoms with Crippen LogP contribution in [-0.4, -0.2) is 28.5 Å². The van der Waals surface area contributed by atoms with Gasteiger partial charge >= 0.3 is 5.97 Å². The first-order chi connectivity index (χ1) is 6.29. The van der Waals surface area contributed by atoms with Gasteiger partial charge in [-0.25, -0.2) is 4.79 Å². The van der Waals surface area contributed by atoms with Gasteiger partial charge in [0.1, 0.15) is 0 Å². The average Bonchev–Trinajstić information content (AvgIpc) is 2.59. The Bertz CT molecular complexity index is 303. The molecule has 0 saturated carbocycles. The highest BCUT2D eigenvalue weighted by Crippen LogP contribution is 1.99. The van der Waals surface area contributed by atoms with Crippen LogP contribution in [0.5, 0.6) is 0 Å². The van der Waals surface area contributed by atoms with E-state index in [0.717, 1.165) is 0 Å². The molecule has 0 atom stereocenters. The van der Waals surface area contributed by atoms with E-state index >= 15 is 0 Å². The molecule has 0 fully saturated rings. The van der Waals surface area contributed by atoms with E-state index in [2.05, 4.69) is 14.9 Å². The van der Waals surface area contributed by atoms with E-state index in [4.69, 9.17) is 5.21 Å². The van der Waals surface area contributed by atoms with Crippen LogP contribution in [0.25, 0.3) is 0 Å². The van der Waals surface area contributed by atoms with E-state index in [1.165, 1.54) is 0 Å². The first-order valence-electron chi connectivity index (χ1n) is 3.82. The van der Waals surface area contributed by atoms with Crippen molar-refractivity contribution in [2.45, 2.75) is 6.92 Å². The minimum atomic E-state index is -0.646. The van der Waals surface area contributed by atoms with Crippen molar-refractivity contribution >= 4 is 11.7 Å². The minimum Gasteiger partial charge on any atom is -0.461 e. The summed E-state index contributed by atoms with van der Waals surface area (Å²) in [4.78, 5) is 13.9. The highest BCUT2D eigenvalue weighted by atomic mass is 16.5. The first kappa shape index (κ1) is 9.31. The Morgan fingerprint density at radius 1 is 1.77 bits per heavy atom. The van der Waals surface area contributed by atoms with Crippen molar-refractivity contribution in [3.05, 3.63) is 24.0 Å². The zero-order valence-corrected chi connectivity index (χ0v) is 7.15. The molecule has 0 amide bonds. The first-order valence-corrected chi connectivity index (χ1v) is 3.82. The van der Waals surface area contributed by atoms with Crippen LogP contribution >= 0.6 is 0 Å². The van der Waals surface area contributed by atoms with Gasteiger partial charge in [-0.05, 0) is 19.1 Å². The van der Waals surface area contributed by atoms with Crippen molar-refractivity contribution in [2.24, 2.45) is 5.16 Å². The standard InChI is InChI=1S/C8H10N2O3/c1-2-13-8(11)7(10-12)6-4-3-5-9-6/h3-5,9,12H,2H2,1H3. The third kappa shape index (κ3) is 2.08. The Morgan fingerprint density at radius 3 is 3.00 bits per heavy atom. The number of oxime groups is 1. The number of ether oxygens (including phenoxy) is 1. The van der Waals surface area contributed by atoms with Crippen LogP contribution in [0.4, 0.5) is 0 Å². The van der Waals surface area contributed by atoms with Gasteiger partial charge in [0.05, 0.1) is 12.3 Å².